The van der Waals surface area contributed by atoms with Crippen molar-refractivity contribution in [3.63, 3.8) is 0 Å². The number of alkyl halides is 2. The first-order valence-corrected chi connectivity index (χ1v) is 4.89. The fraction of sp³-hybridized carbons (Fsp3) is 0.167. The van der Waals surface area contributed by atoms with Gasteiger partial charge in [-0.25, -0.2) is 18.5 Å². The third-order valence-corrected chi connectivity index (χ3v) is 2.01. The number of nitrogens with zero attached hydrogens (tertiary/aromatic N) is 1. The van der Waals surface area contributed by atoms with Gasteiger partial charge >= 0.3 is 6.61 Å². The molecule has 0 radical (unpaired) electrons. The minimum Gasteiger partial charge on any atom is -0.417 e. The van der Waals surface area contributed by atoms with Crippen molar-refractivity contribution in [2.45, 2.75) is 11.6 Å². The van der Waals surface area contributed by atoms with Crippen LogP contribution >= 0.6 is 0 Å². The van der Waals surface area contributed by atoms with Gasteiger partial charge in [-0.3, -0.25) is 0 Å². The Morgan fingerprint density at radius 1 is 1.43 bits per heavy atom. The van der Waals surface area contributed by atoms with Crippen molar-refractivity contribution in [2.75, 3.05) is 0 Å². The van der Waals surface area contributed by atoms with E-state index in [4.69, 9.17) is 5.14 Å². The van der Waals surface area contributed by atoms with Gasteiger partial charge < -0.3 is 4.74 Å². The first-order chi connectivity index (χ1) is 6.39. The van der Waals surface area contributed by atoms with Crippen LogP contribution in [0.3, 0.4) is 0 Å². The molecule has 14 heavy (non-hydrogen) atoms. The Balaban J connectivity index is 3.02. The molecule has 1 rings (SSSR count). The molecule has 0 aromatic carbocycles. The van der Waals surface area contributed by atoms with E-state index in [1.165, 1.54) is 6.07 Å². The minimum atomic E-state index is -4.00. The van der Waals surface area contributed by atoms with E-state index >= 15 is 0 Å². The van der Waals surface area contributed by atoms with Gasteiger partial charge in [0.05, 0.1) is 0 Å². The summed E-state index contributed by atoms with van der Waals surface area (Å²) in [4.78, 5) is 3.27. The number of hydrogen-bond donors (Lipinski definition) is 1. The van der Waals surface area contributed by atoms with Crippen LogP contribution in [0.1, 0.15) is 0 Å². The number of ether oxygens (including phenoxy) is 1. The highest BCUT2D eigenvalue weighted by Crippen LogP contribution is 2.12. The van der Waals surface area contributed by atoms with Crippen molar-refractivity contribution in [1.82, 2.24) is 4.98 Å². The fourth-order valence-electron chi connectivity index (χ4n) is 0.711. The fourth-order valence-corrected chi connectivity index (χ4v) is 1.20. The number of primary sulfonamides is 1. The average Bonchev–Trinajstić information content (AvgIpc) is 2.01. The van der Waals surface area contributed by atoms with Crippen LogP contribution in [0.15, 0.2) is 23.2 Å². The van der Waals surface area contributed by atoms with Crippen LogP contribution in [0.5, 0.6) is 5.88 Å². The lowest BCUT2D eigenvalue weighted by atomic mass is 10.5. The molecule has 1 heterocycles. The normalized spacial score (nSPS) is 11.7. The zero-order valence-electron chi connectivity index (χ0n) is 6.72. The third-order valence-electron chi connectivity index (χ3n) is 1.20. The van der Waals surface area contributed by atoms with Crippen molar-refractivity contribution >= 4 is 10.0 Å². The summed E-state index contributed by atoms with van der Waals surface area (Å²) in [7, 11) is -4.00. The van der Waals surface area contributed by atoms with Crippen LogP contribution in [0, 0.1) is 0 Å². The van der Waals surface area contributed by atoms with E-state index in [0.29, 0.717) is 0 Å². The largest absolute Gasteiger partial charge is 0.417 e. The summed E-state index contributed by atoms with van der Waals surface area (Å²) in [6.07, 6.45) is 0. The van der Waals surface area contributed by atoms with Crippen molar-refractivity contribution < 1.29 is 21.9 Å². The van der Waals surface area contributed by atoms with Crippen LogP contribution in [-0.2, 0) is 10.0 Å². The molecule has 0 unspecified atom stereocenters. The van der Waals surface area contributed by atoms with Gasteiger partial charge in [-0.1, -0.05) is 6.07 Å². The summed E-state index contributed by atoms with van der Waals surface area (Å²) in [5.41, 5.74) is 0. The molecular formula is C6H6F2N2O3S. The molecule has 0 aliphatic rings. The molecule has 1 aromatic heterocycles. The Hall–Kier alpha value is -1.28. The van der Waals surface area contributed by atoms with Crippen molar-refractivity contribution in [2.24, 2.45) is 5.14 Å². The standard InChI is InChI=1S/C6H6F2N2O3S/c7-6(8)13-4-2-1-3-5(10-4)14(9,11)12/h1-3,6H,(H2,9,11,12). The van der Waals surface area contributed by atoms with Crippen molar-refractivity contribution in [3.05, 3.63) is 18.2 Å². The maximum absolute atomic E-state index is 11.7. The summed E-state index contributed by atoms with van der Waals surface area (Å²) >= 11 is 0. The first kappa shape index (κ1) is 10.8. The maximum atomic E-state index is 11.7. The first-order valence-electron chi connectivity index (χ1n) is 3.34. The van der Waals surface area contributed by atoms with E-state index in [1.807, 2.05) is 0 Å². The van der Waals surface area contributed by atoms with Crippen molar-refractivity contribution in [1.29, 1.82) is 0 Å². The van der Waals surface area contributed by atoms with Gasteiger partial charge in [-0.05, 0) is 6.07 Å². The van der Waals surface area contributed by atoms with Crippen LogP contribution < -0.4 is 9.88 Å². The molecule has 0 fully saturated rings. The lowest BCUT2D eigenvalue weighted by molar-refractivity contribution is -0.0532. The molecule has 78 valence electrons. The highest BCUT2D eigenvalue weighted by Gasteiger charge is 2.12. The molecule has 0 saturated carbocycles. The summed E-state index contributed by atoms with van der Waals surface area (Å²) in [6.45, 7) is -3.06. The predicted molar refractivity (Wildman–Crippen MR) is 42.2 cm³/mol. The highest BCUT2D eigenvalue weighted by molar-refractivity contribution is 7.89. The lowest BCUT2D eigenvalue weighted by Crippen LogP contribution is -2.14. The second kappa shape index (κ2) is 3.84. The Bertz CT molecular complexity index is 421. The number of halogens is 2. The van der Waals surface area contributed by atoms with Crippen molar-refractivity contribution in [3.8, 4) is 5.88 Å². The second-order valence-electron chi connectivity index (χ2n) is 2.24. The van der Waals surface area contributed by atoms with Gasteiger partial charge in [-0.2, -0.15) is 8.78 Å². The van der Waals surface area contributed by atoms with Gasteiger partial charge in [0.1, 0.15) is 0 Å². The summed E-state index contributed by atoms with van der Waals surface area (Å²) in [6, 6.07) is 3.37. The number of hydrogen-bond acceptors (Lipinski definition) is 4. The Labute approximate surface area is 78.6 Å². The molecule has 2 N–H and O–H groups in total. The average molecular weight is 224 g/mol. The van der Waals surface area contributed by atoms with E-state index in [9.17, 15) is 17.2 Å². The number of aromatic nitrogens is 1. The molecule has 0 amide bonds. The summed E-state index contributed by atoms with van der Waals surface area (Å²) in [5.74, 6) is -0.494. The molecular weight excluding hydrogens is 218 g/mol. The van der Waals surface area contributed by atoms with Crippen LogP contribution in [-0.4, -0.2) is 20.0 Å². The second-order valence-corrected chi connectivity index (χ2v) is 3.75. The molecule has 8 heteroatoms. The molecule has 5 nitrogen and oxygen atoms in total. The minimum absolute atomic E-state index is 0.494. The molecule has 0 spiro atoms. The number of nitrogens with two attached hydrogens (primary N) is 1. The lowest BCUT2D eigenvalue weighted by Gasteiger charge is -2.03. The van der Waals surface area contributed by atoms with Crippen LogP contribution in [0.2, 0.25) is 0 Å². The quantitative estimate of drug-likeness (QED) is 0.802. The zero-order chi connectivity index (χ0) is 10.8. The third kappa shape index (κ3) is 2.89. The van der Waals surface area contributed by atoms with E-state index in [2.05, 4.69) is 9.72 Å². The molecule has 0 atom stereocenters. The monoisotopic (exact) mass is 224 g/mol. The molecule has 0 bridgehead atoms. The van der Waals surface area contributed by atoms with Gasteiger partial charge in [0, 0.05) is 6.07 Å². The molecule has 0 aliphatic heterocycles. The Morgan fingerprint density at radius 3 is 2.57 bits per heavy atom. The topological polar surface area (TPSA) is 82.3 Å². The number of pyridine rings is 1. The number of rotatable bonds is 3. The van der Waals surface area contributed by atoms with Gasteiger partial charge in [-0.15, -0.1) is 0 Å². The van der Waals surface area contributed by atoms with Gasteiger partial charge in [0.2, 0.25) is 5.88 Å². The maximum Gasteiger partial charge on any atom is 0.388 e. The summed E-state index contributed by atoms with van der Waals surface area (Å²) < 4.78 is 48.8. The van der Waals surface area contributed by atoms with E-state index < -0.39 is 27.5 Å². The zero-order valence-corrected chi connectivity index (χ0v) is 7.54. The number of sulfonamides is 1. The Kier molecular flexibility index (Phi) is 2.96. The van der Waals surface area contributed by atoms with E-state index in [-0.39, 0.29) is 0 Å². The Morgan fingerprint density at radius 2 is 2.07 bits per heavy atom. The van der Waals surface area contributed by atoms with Gasteiger partial charge in [0.25, 0.3) is 10.0 Å². The molecule has 0 saturated heterocycles. The van der Waals surface area contributed by atoms with Gasteiger partial charge in [0.15, 0.2) is 5.03 Å². The van der Waals surface area contributed by atoms with E-state index in [0.717, 1.165) is 12.1 Å². The summed E-state index contributed by atoms with van der Waals surface area (Å²) in [5, 5.41) is 4.21. The highest BCUT2D eigenvalue weighted by atomic mass is 32.2. The predicted octanol–water partition coefficient (Wildman–Crippen LogP) is 0.330. The smallest absolute Gasteiger partial charge is 0.388 e. The molecule has 1 aromatic rings. The van der Waals surface area contributed by atoms with E-state index in [1.54, 1.807) is 0 Å². The van der Waals surface area contributed by atoms with Crippen LogP contribution in [0.4, 0.5) is 8.78 Å². The van der Waals surface area contributed by atoms with Crippen LogP contribution in [0.25, 0.3) is 0 Å². The SMILES string of the molecule is NS(=O)(=O)c1cccc(OC(F)F)n1. The molecule has 0 aliphatic carbocycles.